The van der Waals surface area contributed by atoms with E-state index in [2.05, 4.69) is 5.43 Å². The third-order valence-electron chi connectivity index (χ3n) is 0.914. The van der Waals surface area contributed by atoms with E-state index in [0.717, 1.165) is 0 Å². The van der Waals surface area contributed by atoms with Crippen LogP contribution in [0, 0.1) is 10.4 Å². The topological polar surface area (TPSA) is 64.6 Å². The summed E-state index contributed by atoms with van der Waals surface area (Å²) in [5.41, 5.74) is 2.33. The van der Waals surface area contributed by atoms with E-state index in [1.165, 1.54) is 14.1 Å². The first-order chi connectivity index (χ1) is 4.04. The molecule has 0 spiro atoms. The van der Waals surface area contributed by atoms with Crippen molar-refractivity contribution in [3.63, 3.8) is 0 Å². The van der Waals surface area contributed by atoms with E-state index in [9.17, 15) is 10.4 Å². The van der Waals surface area contributed by atoms with Gasteiger partial charge in [0.25, 0.3) is 0 Å². The van der Waals surface area contributed by atoms with Crippen molar-refractivity contribution in [3.05, 3.63) is 10.4 Å². The molecule has 0 aliphatic carbocycles. The van der Waals surface area contributed by atoms with Gasteiger partial charge in [-0.25, -0.2) is 0 Å². The molecule has 0 rings (SSSR count). The highest BCUT2D eigenvalue weighted by Crippen LogP contribution is 1.86. The zero-order valence-corrected chi connectivity index (χ0v) is 5.79. The summed E-state index contributed by atoms with van der Waals surface area (Å²) in [6.07, 6.45) is -0.465. The van der Waals surface area contributed by atoms with E-state index in [4.69, 9.17) is 0 Å². The lowest BCUT2D eigenvalue weighted by atomic mass is 10.6. The maximum Gasteiger partial charge on any atom is 0.0577 e. The summed E-state index contributed by atoms with van der Waals surface area (Å²) in [6.45, 7) is 1.60. The molecule has 0 aromatic rings. The predicted octanol–water partition coefficient (Wildman–Crippen LogP) is -0.304. The Morgan fingerprint density at radius 1 is 1.33 bits per heavy atom. The maximum absolute atomic E-state index is 10.4. The van der Waals surface area contributed by atoms with E-state index in [1.54, 1.807) is 6.92 Å². The molecule has 0 saturated carbocycles. The fourth-order valence-corrected chi connectivity index (χ4v) is 0.344. The Bertz CT molecular complexity index is 76.2. The number of nitrogens with one attached hydrogen (secondary N) is 1. The fourth-order valence-electron chi connectivity index (χ4n) is 0.344. The van der Waals surface area contributed by atoms with Gasteiger partial charge in [0.15, 0.2) is 0 Å². The molecule has 0 aliphatic rings. The minimum Gasteiger partial charge on any atom is -0.784 e. The van der Waals surface area contributed by atoms with E-state index in [-0.39, 0.29) is 0 Å². The van der Waals surface area contributed by atoms with Gasteiger partial charge in [0.2, 0.25) is 0 Å². The average Bonchev–Trinajstić information content (AvgIpc) is 1.63. The highest BCUT2D eigenvalue weighted by molar-refractivity contribution is 4.57. The lowest BCUT2D eigenvalue weighted by Crippen LogP contribution is -2.44. The second-order valence-electron chi connectivity index (χ2n) is 1.85. The van der Waals surface area contributed by atoms with Crippen molar-refractivity contribution in [2.24, 2.45) is 0 Å². The number of hydrogen-bond donors (Lipinski definition) is 1. The third-order valence-corrected chi connectivity index (χ3v) is 0.914. The summed E-state index contributed by atoms with van der Waals surface area (Å²) >= 11 is 0. The normalized spacial score (nSPS) is 15.0. The molecule has 56 valence electrons. The van der Waals surface area contributed by atoms with Gasteiger partial charge in [-0.15, -0.1) is 0 Å². The van der Waals surface area contributed by atoms with Crippen molar-refractivity contribution in [2.45, 2.75) is 13.1 Å². The van der Waals surface area contributed by atoms with E-state index >= 15 is 0 Å². The highest BCUT2D eigenvalue weighted by atomic mass is 16.5. The van der Waals surface area contributed by atoms with Crippen LogP contribution in [-0.2, 0) is 0 Å². The lowest BCUT2D eigenvalue weighted by molar-refractivity contribution is 0.185. The molecule has 5 nitrogen and oxygen atoms in total. The molecule has 5 heteroatoms. The van der Waals surface area contributed by atoms with E-state index in [0.29, 0.717) is 10.2 Å². The van der Waals surface area contributed by atoms with Gasteiger partial charge in [-0.05, 0) is 21.0 Å². The monoisotopic (exact) mass is 133 g/mol. The summed E-state index contributed by atoms with van der Waals surface area (Å²) < 4.78 is 0. The van der Waals surface area contributed by atoms with Crippen LogP contribution in [0.2, 0.25) is 0 Å². The zero-order chi connectivity index (χ0) is 7.44. The number of hydrogen-bond acceptors (Lipinski definition) is 5. The molecule has 0 heterocycles. The quantitative estimate of drug-likeness (QED) is 0.423. The van der Waals surface area contributed by atoms with Crippen molar-refractivity contribution in [3.8, 4) is 0 Å². The number of rotatable bonds is 3. The first-order valence-electron chi connectivity index (χ1n) is 2.61. The van der Waals surface area contributed by atoms with Crippen LogP contribution in [-0.4, -0.2) is 30.5 Å². The molecule has 0 amide bonds. The molecule has 1 N–H and O–H groups in total. The van der Waals surface area contributed by atoms with Crippen molar-refractivity contribution < 1.29 is 0 Å². The van der Waals surface area contributed by atoms with Crippen molar-refractivity contribution in [1.82, 2.24) is 15.7 Å². The average molecular weight is 133 g/mol. The molecule has 0 saturated heterocycles. The summed E-state index contributed by atoms with van der Waals surface area (Å²) in [7, 11) is 2.64. The second kappa shape index (κ2) is 3.76. The number of hydrazine groups is 1. The van der Waals surface area contributed by atoms with E-state index in [1.807, 2.05) is 0 Å². The highest BCUT2D eigenvalue weighted by Gasteiger charge is 1.94. The van der Waals surface area contributed by atoms with Gasteiger partial charge in [0.05, 0.1) is 6.17 Å². The molecular formula is C4H11N3O2-2. The van der Waals surface area contributed by atoms with Gasteiger partial charge in [-0.1, -0.05) is 0 Å². The second-order valence-corrected chi connectivity index (χ2v) is 1.85. The largest absolute Gasteiger partial charge is 0.784 e. The molecule has 0 radical (unpaired) electrons. The molecule has 0 aromatic carbocycles. The lowest BCUT2D eigenvalue weighted by Gasteiger charge is -2.36. The Morgan fingerprint density at radius 3 is 1.89 bits per heavy atom. The fraction of sp³-hybridized carbons (Fsp3) is 1.00. The molecule has 0 unspecified atom stereocenters. The molecular weight excluding hydrogens is 122 g/mol. The van der Waals surface area contributed by atoms with Crippen molar-refractivity contribution in [2.75, 3.05) is 14.1 Å². The summed E-state index contributed by atoms with van der Waals surface area (Å²) in [4.78, 5) is 0. The molecule has 0 aliphatic heterocycles. The van der Waals surface area contributed by atoms with Crippen LogP contribution in [0.5, 0.6) is 0 Å². The summed E-state index contributed by atoms with van der Waals surface area (Å²) in [5, 5.41) is 21.7. The molecule has 0 fully saturated rings. The Balaban J connectivity index is 3.38. The smallest absolute Gasteiger partial charge is 0.0577 e. The Hall–Kier alpha value is -0.200. The Labute approximate surface area is 54.4 Å². The van der Waals surface area contributed by atoms with Crippen LogP contribution >= 0.6 is 0 Å². The predicted molar refractivity (Wildman–Crippen MR) is 34.9 cm³/mol. The van der Waals surface area contributed by atoms with Crippen LogP contribution in [0.3, 0.4) is 0 Å². The Morgan fingerprint density at radius 2 is 1.78 bits per heavy atom. The number of hydroxylamine groups is 3. The first kappa shape index (κ1) is 8.80. The van der Waals surface area contributed by atoms with Crippen molar-refractivity contribution in [1.29, 1.82) is 0 Å². The standard InChI is InChI=1S/C4H11N3O2/c1-4(6(2)8)5-7(3)9/h4-5H,1-3H3/q-2/t4-/m0/s1. The first-order valence-corrected chi connectivity index (χ1v) is 2.61. The summed E-state index contributed by atoms with van der Waals surface area (Å²) in [5.74, 6) is 0. The maximum atomic E-state index is 10.4. The van der Waals surface area contributed by atoms with Gasteiger partial charge in [-0.2, -0.15) is 0 Å². The van der Waals surface area contributed by atoms with Gasteiger partial charge >= 0.3 is 0 Å². The zero-order valence-electron chi connectivity index (χ0n) is 5.79. The molecule has 1 atom stereocenters. The molecule has 0 aromatic heterocycles. The SMILES string of the molecule is C[C@@H](NN(C)[O-])N(C)[O-]. The van der Waals surface area contributed by atoms with Crippen LogP contribution in [0.25, 0.3) is 0 Å². The van der Waals surface area contributed by atoms with Gasteiger partial charge in [0.1, 0.15) is 0 Å². The van der Waals surface area contributed by atoms with Gasteiger partial charge < -0.3 is 20.6 Å². The minimum absolute atomic E-state index is 0.465. The minimum atomic E-state index is -0.465. The van der Waals surface area contributed by atoms with Crippen LogP contribution < -0.4 is 5.43 Å². The van der Waals surface area contributed by atoms with Crippen LogP contribution in [0.4, 0.5) is 0 Å². The van der Waals surface area contributed by atoms with Gasteiger partial charge in [-0.3, -0.25) is 5.43 Å². The van der Waals surface area contributed by atoms with E-state index < -0.39 is 6.17 Å². The van der Waals surface area contributed by atoms with Crippen LogP contribution in [0.1, 0.15) is 6.92 Å². The van der Waals surface area contributed by atoms with Gasteiger partial charge in [0, 0.05) is 0 Å². The summed E-state index contributed by atoms with van der Waals surface area (Å²) in [6, 6.07) is 0. The third kappa shape index (κ3) is 4.31. The molecule has 0 bridgehead atoms. The van der Waals surface area contributed by atoms with Crippen molar-refractivity contribution >= 4 is 0 Å². The molecule has 9 heavy (non-hydrogen) atoms. The number of nitrogens with zero attached hydrogens (tertiary/aromatic N) is 2. The van der Waals surface area contributed by atoms with Crippen LogP contribution in [0.15, 0.2) is 0 Å². The Kier molecular flexibility index (Phi) is 3.67.